The zero-order valence-electron chi connectivity index (χ0n) is 12.7. The van der Waals surface area contributed by atoms with Crippen LogP contribution in [0.2, 0.25) is 0 Å². The molecule has 2 heterocycles. The molecule has 1 aliphatic rings. The summed E-state index contributed by atoms with van der Waals surface area (Å²) in [6.07, 6.45) is 6.95. The first kappa shape index (κ1) is 14.3. The Balaban J connectivity index is 1.54. The van der Waals surface area contributed by atoms with Gasteiger partial charge in [0.2, 0.25) is 0 Å². The second-order valence-corrected chi connectivity index (χ2v) is 5.87. The molecule has 1 aromatic heterocycles. The van der Waals surface area contributed by atoms with Crippen LogP contribution in [-0.2, 0) is 6.54 Å². The molecule has 21 heavy (non-hydrogen) atoms. The van der Waals surface area contributed by atoms with Crippen LogP contribution >= 0.6 is 0 Å². The minimum absolute atomic E-state index is 0.454. The van der Waals surface area contributed by atoms with Gasteiger partial charge in [-0.05, 0) is 18.9 Å². The molecule has 0 bridgehead atoms. The van der Waals surface area contributed by atoms with Crippen molar-refractivity contribution in [3.63, 3.8) is 0 Å². The van der Waals surface area contributed by atoms with Gasteiger partial charge in [-0.2, -0.15) is 0 Å². The zero-order valence-corrected chi connectivity index (χ0v) is 12.7. The molecule has 0 amide bonds. The van der Waals surface area contributed by atoms with Gasteiger partial charge in [0.25, 0.3) is 0 Å². The van der Waals surface area contributed by atoms with Crippen LogP contribution in [0.25, 0.3) is 0 Å². The maximum atomic E-state index is 4.09. The monoisotopic (exact) mass is 284 g/mol. The van der Waals surface area contributed by atoms with Crippen molar-refractivity contribution in [3.05, 3.63) is 54.6 Å². The van der Waals surface area contributed by atoms with Gasteiger partial charge in [0.15, 0.2) is 0 Å². The number of nitrogens with one attached hydrogen (secondary N) is 1. The van der Waals surface area contributed by atoms with E-state index in [0.29, 0.717) is 12.1 Å². The SMILES string of the molecule is CC1CNC(c2ccccc2)CN1CCCn1ccnc1. The van der Waals surface area contributed by atoms with E-state index in [9.17, 15) is 0 Å². The van der Waals surface area contributed by atoms with Crippen LogP contribution in [0.4, 0.5) is 0 Å². The Morgan fingerprint density at radius 1 is 1.24 bits per heavy atom. The lowest BCUT2D eigenvalue weighted by Gasteiger charge is -2.39. The van der Waals surface area contributed by atoms with Gasteiger partial charge >= 0.3 is 0 Å². The van der Waals surface area contributed by atoms with E-state index in [0.717, 1.165) is 26.2 Å². The van der Waals surface area contributed by atoms with Gasteiger partial charge in [-0.3, -0.25) is 4.90 Å². The number of aromatic nitrogens is 2. The molecule has 1 fully saturated rings. The molecule has 1 N–H and O–H groups in total. The summed E-state index contributed by atoms with van der Waals surface area (Å²) < 4.78 is 2.15. The van der Waals surface area contributed by atoms with Crippen LogP contribution in [0.5, 0.6) is 0 Å². The highest BCUT2D eigenvalue weighted by molar-refractivity contribution is 5.20. The fourth-order valence-corrected chi connectivity index (χ4v) is 3.02. The van der Waals surface area contributed by atoms with Crippen molar-refractivity contribution in [1.82, 2.24) is 19.8 Å². The van der Waals surface area contributed by atoms with Gasteiger partial charge in [0.05, 0.1) is 6.33 Å². The van der Waals surface area contributed by atoms with E-state index in [1.165, 1.54) is 12.0 Å². The third kappa shape index (κ3) is 3.71. The van der Waals surface area contributed by atoms with Crippen LogP contribution in [0.1, 0.15) is 24.9 Å². The third-order valence-electron chi connectivity index (χ3n) is 4.32. The summed E-state index contributed by atoms with van der Waals surface area (Å²) in [4.78, 5) is 6.70. The fraction of sp³-hybridized carbons (Fsp3) is 0.471. The summed E-state index contributed by atoms with van der Waals surface area (Å²) in [5.41, 5.74) is 1.39. The number of nitrogens with zero attached hydrogens (tertiary/aromatic N) is 3. The molecule has 1 saturated heterocycles. The number of piperazine rings is 1. The van der Waals surface area contributed by atoms with Crippen molar-refractivity contribution in [1.29, 1.82) is 0 Å². The highest BCUT2D eigenvalue weighted by Crippen LogP contribution is 2.19. The largest absolute Gasteiger partial charge is 0.337 e. The van der Waals surface area contributed by atoms with Gasteiger partial charge in [-0.1, -0.05) is 30.3 Å². The van der Waals surface area contributed by atoms with Gasteiger partial charge < -0.3 is 9.88 Å². The van der Waals surface area contributed by atoms with Gasteiger partial charge in [-0.25, -0.2) is 4.98 Å². The Hall–Kier alpha value is -1.65. The smallest absolute Gasteiger partial charge is 0.0945 e. The molecule has 4 heteroatoms. The highest BCUT2D eigenvalue weighted by atomic mass is 15.2. The maximum Gasteiger partial charge on any atom is 0.0945 e. The first-order valence-corrected chi connectivity index (χ1v) is 7.81. The number of hydrogen-bond donors (Lipinski definition) is 1. The number of rotatable bonds is 5. The van der Waals surface area contributed by atoms with Crippen LogP contribution < -0.4 is 5.32 Å². The number of hydrogen-bond acceptors (Lipinski definition) is 3. The van der Waals surface area contributed by atoms with E-state index in [4.69, 9.17) is 0 Å². The van der Waals surface area contributed by atoms with Crippen molar-refractivity contribution in [2.45, 2.75) is 32.0 Å². The molecule has 0 spiro atoms. The molecule has 4 nitrogen and oxygen atoms in total. The molecule has 2 aromatic rings. The zero-order chi connectivity index (χ0) is 14.5. The Labute approximate surface area is 126 Å². The summed E-state index contributed by atoms with van der Waals surface area (Å²) >= 11 is 0. The molecule has 112 valence electrons. The number of aryl methyl sites for hydroxylation is 1. The third-order valence-corrected chi connectivity index (χ3v) is 4.32. The van der Waals surface area contributed by atoms with E-state index in [-0.39, 0.29) is 0 Å². The Bertz CT molecular complexity index is 523. The minimum Gasteiger partial charge on any atom is -0.337 e. The van der Waals surface area contributed by atoms with Crippen LogP contribution in [0.3, 0.4) is 0 Å². The summed E-state index contributed by atoms with van der Waals surface area (Å²) in [5, 5.41) is 3.66. The average molecular weight is 284 g/mol. The van der Waals surface area contributed by atoms with Crippen LogP contribution in [0, 0.1) is 0 Å². The molecule has 1 aromatic carbocycles. The molecule has 3 rings (SSSR count). The fourth-order valence-electron chi connectivity index (χ4n) is 3.02. The number of benzene rings is 1. The summed E-state index contributed by atoms with van der Waals surface area (Å²) in [6, 6.07) is 11.8. The Morgan fingerprint density at radius 2 is 2.10 bits per heavy atom. The second kappa shape index (κ2) is 6.87. The molecule has 2 unspecified atom stereocenters. The first-order valence-electron chi connectivity index (χ1n) is 7.81. The lowest BCUT2D eigenvalue weighted by Crippen LogP contribution is -2.51. The lowest BCUT2D eigenvalue weighted by atomic mass is 10.0. The molecule has 0 saturated carbocycles. The summed E-state index contributed by atoms with van der Waals surface area (Å²) in [5.74, 6) is 0. The predicted octanol–water partition coefficient (Wildman–Crippen LogP) is 2.31. The maximum absolute atomic E-state index is 4.09. The van der Waals surface area contributed by atoms with E-state index in [1.54, 1.807) is 0 Å². The molecule has 2 atom stereocenters. The number of imidazole rings is 1. The van der Waals surface area contributed by atoms with Crippen LogP contribution in [0.15, 0.2) is 49.1 Å². The second-order valence-electron chi connectivity index (χ2n) is 5.87. The standard InChI is InChI=1S/C17H24N4/c1-15-12-19-17(16-6-3-2-4-7-16)13-21(15)10-5-9-20-11-8-18-14-20/h2-4,6-8,11,14-15,17,19H,5,9-10,12-13H2,1H3. The highest BCUT2D eigenvalue weighted by Gasteiger charge is 2.25. The van der Waals surface area contributed by atoms with E-state index < -0.39 is 0 Å². The van der Waals surface area contributed by atoms with Gasteiger partial charge in [0.1, 0.15) is 0 Å². The Morgan fingerprint density at radius 3 is 2.86 bits per heavy atom. The van der Waals surface area contributed by atoms with Crippen LogP contribution in [-0.4, -0.2) is 40.1 Å². The molecular formula is C17H24N4. The Kier molecular flexibility index (Phi) is 4.68. The average Bonchev–Trinajstić information content (AvgIpc) is 3.03. The quantitative estimate of drug-likeness (QED) is 0.914. The summed E-state index contributed by atoms with van der Waals surface area (Å²) in [6.45, 7) is 6.65. The van der Waals surface area contributed by atoms with Crippen molar-refractivity contribution in [2.24, 2.45) is 0 Å². The van der Waals surface area contributed by atoms with Crippen molar-refractivity contribution >= 4 is 0 Å². The molecular weight excluding hydrogens is 260 g/mol. The van der Waals surface area contributed by atoms with E-state index in [2.05, 4.69) is 57.0 Å². The molecule has 1 aliphatic heterocycles. The predicted molar refractivity (Wildman–Crippen MR) is 85.1 cm³/mol. The topological polar surface area (TPSA) is 33.1 Å². The molecule has 0 aliphatic carbocycles. The van der Waals surface area contributed by atoms with E-state index in [1.807, 2.05) is 18.7 Å². The van der Waals surface area contributed by atoms with Crippen molar-refractivity contribution in [3.8, 4) is 0 Å². The first-order chi connectivity index (χ1) is 10.3. The lowest BCUT2D eigenvalue weighted by molar-refractivity contribution is 0.138. The van der Waals surface area contributed by atoms with Gasteiger partial charge in [-0.15, -0.1) is 0 Å². The van der Waals surface area contributed by atoms with E-state index >= 15 is 0 Å². The normalized spacial score (nSPS) is 23.3. The molecule has 0 radical (unpaired) electrons. The summed E-state index contributed by atoms with van der Waals surface area (Å²) in [7, 11) is 0. The van der Waals surface area contributed by atoms with Crippen molar-refractivity contribution in [2.75, 3.05) is 19.6 Å². The minimum atomic E-state index is 0.454. The van der Waals surface area contributed by atoms with Crippen molar-refractivity contribution < 1.29 is 0 Å². The van der Waals surface area contributed by atoms with Gasteiger partial charge in [0, 0.05) is 50.7 Å².